The lowest BCUT2D eigenvalue weighted by atomic mass is 9.82. The maximum atomic E-state index is 10.9. The van der Waals surface area contributed by atoms with E-state index in [2.05, 4.69) is 10.5 Å². The third kappa shape index (κ3) is 13.8. The Balaban J connectivity index is 4.67. The predicted octanol–water partition coefficient (Wildman–Crippen LogP) is -3.09. The molecule has 1 atom stereocenters. The molecule has 0 spiro atoms. The van der Waals surface area contributed by atoms with Gasteiger partial charge in [-0.2, -0.15) is 0 Å². The smallest absolute Gasteiger partial charge is 0.376 e. The lowest BCUT2D eigenvalue weighted by molar-refractivity contribution is 0.209. The summed E-state index contributed by atoms with van der Waals surface area (Å²) < 4.78 is 0. The largest absolute Gasteiger partial charge is 0.437 e. The van der Waals surface area contributed by atoms with Crippen molar-refractivity contribution in [1.29, 1.82) is 0 Å². The van der Waals surface area contributed by atoms with Crippen LogP contribution >= 0.6 is 0 Å². The molecule has 0 rings (SSSR count). The predicted molar refractivity (Wildman–Crippen MR) is 108 cm³/mol. The van der Waals surface area contributed by atoms with Crippen LogP contribution in [-0.2, 0) is 4.79 Å². The number of nitrogens with zero attached hydrogens (tertiary/aromatic N) is 2. The Morgan fingerprint density at radius 3 is 2.08 bits per heavy atom. The summed E-state index contributed by atoms with van der Waals surface area (Å²) in [7, 11) is -0.436. The van der Waals surface area contributed by atoms with Crippen LogP contribution in [0.15, 0.2) is 0 Å². The van der Waals surface area contributed by atoms with E-state index in [1.807, 2.05) is 9.62 Å². The summed E-state index contributed by atoms with van der Waals surface area (Å²) in [6, 6.07) is 0. The van der Waals surface area contributed by atoms with Gasteiger partial charge in [0.1, 0.15) is 0 Å². The van der Waals surface area contributed by atoms with Crippen molar-refractivity contribution in [3.05, 3.63) is 0 Å². The normalized spacial score (nSPS) is 12.3. The van der Waals surface area contributed by atoms with Gasteiger partial charge in [-0.05, 0) is 65.5 Å². The fourth-order valence-corrected chi connectivity index (χ4v) is 2.66. The highest BCUT2D eigenvalue weighted by atomic mass is 16.3. The van der Waals surface area contributed by atoms with Crippen LogP contribution in [0.25, 0.3) is 0 Å². The van der Waals surface area contributed by atoms with Crippen LogP contribution in [0.2, 0.25) is 20.5 Å². The van der Waals surface area contributed by atoms with Crippen LogP contribution in [-0.4, -0.2) is 110 Å². The zero-order valence-corrected chi connectivity index (χ0v) is 16.2. The van der Waals surface area contributed by atoms with E-state index in [1.165, 1.54) is 7.41 Å². The topological polar surface area (TPSA) is 129 Å². The Labute approximate surface area is 159 Å². The molecule has 0 aromatic rings. The lowest BCUT2D eigenvalue weighted by Crippen LogP contribution is -2.48. The van der Waals surface area contributed by atoms with Crippen molar-refractivity contribution < 1.29 is 25.0 Å². The van der Waals surface area contributed by atoms with Crippen LogP contribution in [0.1, 0.15) is 6.42 Å². The summed E-state index contributed by atoms with van der Waals surface area (Å²) in [5.74, 6) is 0.0453. The quantitative estimate of drug-likeness (QED) is 0.117. The highest BCUT2D eigenvalue weighted by molar-refractivity contribution is 6.64. The fraction of sp³-hybridized carbons (Fsp3) is 0.923. The molecule has 26 heavy (non-hydrogen) atoms. The first-order chi connectivity index (χ1) is 12.3. The summed E-state index contributed by atoms with van der Waals surface area (Å²) >= 11 is 0. The molecule has 0 fully saturated rings. The third-order valence-electron chi connectivity index (χ3n) is 4.00. The van der Waals surface area contributed by atoms with Crippen LogP contribution in [0.5, 0.6) is 0 Å². The Kier molecular flexibility index (Phi) is 15.4. The summed E-state index contributed by atoms with van der Waals surface area (Å²) in [5, 5.41) is 43.7. The molecule has 0 aliphatic carbocycles. The Hall–Kier alpha value is -0.390. The molecule has 0 aliphatic heterocycles. The summed E-state index contributed by atoms with van der Waals surface area (Å²) in [4.78, 5) is 14.6. The molecular weight excluding hydrogens is 335 g/mol. The molecule has 1 radical (unpaired) electrons. The van der Waals surface area contributed by atoms with Crippen LogP contribution in [0.4, 0.5) is 0 Å². The number of carbonyl (C=O) groups excluding carboxylic acids is 1. The minimum absolute atomic E-state index is 0.0189. The van der Waals surface area contributed by atoms with Crippen molar-refractivity contribution in [2.75, 3.05) is 45.9 Å². The second-order valence-corrected chi connectivity index (χ2v) is 6.55. The van der Waals surface area contributed by atoms with Gasteiger partial charge in [0.2, 0.25) is 0 Å². The number of rotatable bonds is 17. The van der Waals surface area contributed by atoms with Crippen molar-refractivity contribution in [3.63, 3.8) is 0 Å². The Morgan fingerprint density at radius 2 is 1.62 bits per heavy atom. The molecule has 0 saturated carbocycles. The second-order valence-electron chi connectivity index (χ2n) is 6.55. The molecule has 0 aromatic heterocycles. The molecule has 0 aliphatic rings. The summed E-state index contributed by atoms with van der Waals surface area (Å²) in [6.45, 7) is 8.20. The minimum atomic E-state index is -0.660. The molecule has 0 saturated heterocycles. The zero-order chi connectivity index (χ0) is 19.9. The first-order valence-corrected chi connectivity index (χ1v) is 9.18. The van der Waals surface area contributed by atoms with Gasteiger partial charge in [-0.1, -0.05) is 0 Å². The van der Waals surface area contributed by atoms with E-state index >= 15 is 0 Å². The van der Waals surface area contributed by atoms with Crippen LogP contribution in [0, 0.1) is 5.92 Å². The summed E-state index contributed by atoms with van der Waals surface area (Å²) in [5.41, 5.74) is 0. The van der Waals surface area contributed by atoms with Gasteiger partial charge in [-0.15, -0.1) is 0 Å². The van der Waals surface area contributed by atoms with Crippen molar-refractivity contribution in [2.24, 2.45) is 5.92 Å². The maximum absolute atomic E-state index is 10.9. The molecule has 147 valence electrons. The van der Waals surface area contributed by atoms with Crippen LogP contribution in [0.3, 0.4) is 0 Å². The molecule has 0 aromatic carbocycles. The Morgan fingerprint density at radius 1 is 1.04 bits per heavy atom. The molecule has 6 N–H and O–H groups in total. The second kappa shape index (κ2) is 15.6. The van der Waals surface area contributed by atoms with E-state index in [4.69, 9.17) is 0 Å². The number of hydrogen-bond donors (Lipinski definition) is 6. The zero-order valence-electron chi connectivity index (χ0n) is 16.2. The van der Waals surface area contributed by atoms with Crippen molar-refractivity contribution >= 4 is 34.8 Å². The molecule has 1 unspecified atom stereocenters. The lowest BCUT2D eigenvalue weighted by Gasteiger charge is -2.31. The average Bonchev–Trinajstić information content (AvgIpc) is 2.53. The Bertz CT molecular complexity index is 358. The van der Waals surface area contributed by atoms with Gasteiger partial charge >= 0.3 is 21.2 Å². The van der Waals surface area contributed by atoms with E-state index in [0.717, 1.165) is 6.19 Å². The van der Waals surface area contributed by atoms with E-state index in [-0.39, 0.29) is 12.5 Å². The minimum Gasteiger partial charge on any atom is -0.437 e. The standard InChI is InChI=1S/C13H33B4N4O5/c1-15(24)18-5-7-20(14-12-23)10-13(4-9-22)11-21(17(3)26)8-6-19-16(2)25/h12-13,18-19,22,24-26H,4-11H2,1-3H3. The molecule has 0 amide bonds. The molecule has 13 heteroatoms. The van der Waals surface area contributed by atoms with E-state index in [9.17, 15) is 25.0 Å². The highest BCUT2D eigenvalue weighted by Crippen LogP contribution is 2.09. The molecular formula is C13H33B4N4O5. The van der Waals surface area contributed by atoms with E-state index in [1.54, 1.807) is 20.5 Å². The highest BCUT2D eigenvalue weighted by Gasteiger charge is 2.22. The SMILES string of the molecule is CB(O)NCCN([B]C=O)CC(CCO)CN(CCNB(C)O)B(C)O. The van der Waals surface area contributed by atoms with Gasteiger partial charge in [0, 0.05) is 13.2 Å². The number of hydrogen-bond acceptors (Lipinski definition) is 9. The van der Waals surface area contributed by atoms with Gasteiger partial charge < -0.3 is 45.1 Å². The van der Waals surface area contributed by atoms with Gasteiger partial charge in [0.15, 0.2) is 0 Å². The number of nitrogens with one attached hydrogen (secondary N) is 2. The number of aliphatic hydroxyl groups excluding tert-OH is 1. The molecule has 0 bridgehead atoms. The van der Waals surface area contributed by atoms with Crippen molar-refractivity contribution in [3.8, 4) is 0 Å². The summed E-state index contributed by atoms with van der Waals surface area (Å²) in [6.07, 6.45) is 1.26. The number of aliphatic hydroxyl groups is 1. The van der Waals surface area contributed by atoms with Gasteiger partial charge in [-0.3, -0.25) is 0 Å². The van der Waals surface area contributed by atoms with Crippen molar-refractivity contribution in [2.45, 2.75) is 26.9 Å². The maximum Gasteiger partial charge on any atom is 0.376 e. The van der Waals surface area contributed by atoms with Crippen LogP contribution < -0.4 is 10.5 Å². The first-order valence-electron chi connectivity index (χ1n) is 9.18. The molecule has 9 nitrogen and oxygen atoms in total. The third-order valence-corrected chi connectivity index (χ3v) is 4.00. The monoisotopic (exact) mass is 369 g/mol. The van der Waals surface area contributed by atoms with E-state index in [0.29, 0.717) is 45.7 Å². The number of carbonyl (C=O) groups is 1. The first kappa shape index (κ1) is 25.6. The fourth-order valence-electron chi connectivity index (χ4n) is 2.66. The van der Waals surface area contributed by atoms with Gasteiger partial charge in [0.25, 0.3) is 7.41 Å². The van der Waals surface area contributed by atoms with E-state index < -0.39 is 21.2 Å². The average molecular weight is 369 g/mol. The van der Waals surface area contributed by atoms with Gasteiger partial charge in [-0.25, -0.2) is 0 Å². The molecule has 0 heterocycles. The van der Waals surface area contributed by atoms with Gasteiger partial charge in [0.05, 0.1) is 6.19 Å². The van der Waals surface area contributed by atoms with Crippen molar-refractivity contribution in [1.82, 2.24) is 20.1 Å².